The van der Waals surface area contributed by atoms with E-state index in [9.17, 15) is 4.79 Å². The maximum absolute atomic E-state index is 11.0. The minimum atomic E-state index is -0.342. The number of carbonyl (C=O) groups excluding carboxylic acids is 1. The highest BCUT2D eigenvalue weighted by Gasteiger charge is 2.05. The molecule has 6 heteroatoms. The Hall–Kier alpha value is -0.950. The standard InChI is InChI=1S/C10H17N3O2S/c1-13(7-5-10(14)15-12-11)6-4-9-3-2-8-16-9/h2-3,8,12H,4-7,11H2,1H3. The zero-order valence-electron chi connectivity index (χ0n) is 9.31. The van der Waals surface area contributed by atoms with Crippen LogP contribution in [0.4, 0.5) is 0 Å². The van der Waals surface area contributed by atoms with Gasteiger partial charge < -0.3 is 9.74 Å². The van der Waals surface area contributed by atoms with E-state index in [2.05, 4.69) is 21.2 Å². The fourth-order valence-corrected chi connectivity index (χ4v) is 1.96. The van der Waals surface area contributed by atoms with E-state index in [1.807, 2.05) is 18.7 Å². The molecule has 5 nitrogen and oxygen atoms in total. The first-order valence-corrected chi connectivity index (χ1v) is 5.96. The Balaban J connectivity index is 2.11. The lowest BCUT2D eigenvalue weighted by molar-refractivity contribution is -0.151. The summed E-state index contributed by atoms with van der Waals surface area (Å²) < 4.78 is 0. The predicted molar refractivity (Wildman–Crippen MR) is 63.6 cm³/mol. The Kier molecular flexibility index (Phi) is 6.02. The zero-order valence-corrected chi connectivity index (χ0v) is 10.1. The molecule has 0 saturated heterocycles. The first-order chi connectivity index (χ1) is 7.72. The summed E-state index contributed by atoms with van der Waals surface area (Å²) in [5.41, 5.74) is 1.88. The molecular formula is C10H17N3O2S. The Morgan fingerprint density at radius 3 is 3.06 bits per heavy atom. The lowest BCUT2D eigenvalue weighted by atomic mass is 10.3. The molecule has 0 spiro atoms. The second-order valence-electron chi connectivity index (χ2n) is 3.47. The third kappa shape index (κ3) is 5.22. The highest BCUT2D eigenvalue weighted by Crippen LogP contribution is 2.09. The van der Waals surface area contributed by atoms with Crippen molar-refractivity contribution in [3.63, 3.8) is 0 Å². The fraction of sp³-hybridized carbons (Fsp3) is 0.500. The van der Waals surface area contributed by atoms with Crippen LogP contribution in [0, 0.1) is 0 Å². The van der Waals surface area contributed by atoms with Crippen LogP contribution < -0.4 is 11.4 Å². The molecule has 0 bridgehead atoms. The van der Waals surface area contributed by atoms with Crippen molar-refractivity contribution in [2.24, 2.45) is 5.84 Å². The number of hydrogen-bond acceptors (Lipinski definition) is 6. The van der Waals surface area contributed by atoms with Crippen LogP contribution in [0.15, 0.2) is 17.5 Å². The van der Waals surface area contributed by atoms with Crippen LogP contribution in [0.5, 0.6) is 0 Å². The summed E-state index contributed by atoms with van der Waals surface area (Å²) in [6.45, 7) is 1.61. The van der Waals surface area contributed by atoms with Crippen molar-refractivity contribution in [2.75, 3.05) is 20.1 Å². The van der Waals surface area contributed by atoms with E-state index in [0.29, 0.717) is 13.0 Å². The van der Waals surface area contributed by atoms with E-state index in [-0.39, 0.29) is 5.97 Å². The Labute approximate surface area is 99.1 Å². The fourth-order valence-electron chi connectivity index (χ4n) is 1.27. The molecule has 0 saturated carbocycles. The predicted octanol–water partition coefficient (Wildman–Crippen LogP) is 0.534. The maximum Gasteiger partial charge on any atom is 0.327 e. The van der Waals surface area contributed by atoms with E-state index < -0.39 is 0 Å². The molecule has 0 amide bonds. The Morgan fingerprint density at radius 1 is 1.62 bits per heavy atom. The van der Waals surface area contributed by atoms with Crippen molar-refractivity contribution in [3.05, 3.63) is 22.4 Å². The van der Waals surface area contributed by atoms with Crippen molar-refractivity contribution < 1.29 is 9.63 Å². The van der Waals surface area contributed by atoms with Gasteiger partial charge in [-0.1, -0.05) is 11.7 Å². The first-order valence-electron chi connectivity index (χ1n) is 5.08. The van der Waals surface area contributed by atoms with Gasteiger partial charge in [0, 0.05) is 18.0 Å². The molecule has 90 valence electrons. The van der Waals surface area contributed by atoms with Gasteiger partial charge in [0.25, 0.3) is 0 Å². The van der Waals surface area contributed by atoms with Gasteiger partial charge in [0.05, 0.1) is 6.42 Å². The smallest absolute Gasteiger partial charge is 0.327 e. The quantitative estimate of drug-likeness (QED) is 0.540. The monoisotopic (exact) mass is 243 g/mol. The normalized spacial score (nSPS) is 10.7. The number of nitrogens with zero attached hydrogens (tertiary/aromatic N) is 1. The third-order valence-electron chi connectivity index (χ3n) is 2.19. The minimum Gasteiger partial charge on any atom is -0.356 e. The van der Waals surface area contributed by atoms with Gasteiger partial charge in [-0.05, 0) is 24.9 Å². The molecule has 16 heavy (non-hydrogen) atoms. The molecule has 0 aromatic carbocycles. The molecule has 0 unspecified atom stereocenters. The summed E-state index contributed by atoms with van der Waals surface area (Å²) in [5, 5.41) is 2.07. The zero-order chi connectivity index (χ0) is 11.8. The van der Waals surface area contributed by atoms with E-state index in [4.69, 9.17) is 5.84 Å². The van der Waals surface area contributed by atoms with Crippen molar-refractivity contribution in [3.8, 4) is 0 Å². The highest BCUT2D eigenvalue weighted by molar-refractivity contribution is 7.09. The molecular weight excluding hydrogens is 226 g/mol. The Morgan fingerprint density at radius 2 is 2.44 bits per heavy atom. The molecule has 0 fully saturated rings. The van der Waals surface area contributed by atoms with E-state index in [0.717, 1.165) is 13.0 Å². The van der Waals surface area contributed by atoms with E-state index >= 15 is 0 Å². The summed E-state index contributed by atoms with van der Waals surface area (Å²) in [6, 6.07) is 4.16. The van der Waals surface area contributed by atoms with Gasteiger partial charge in [-0.25, -0.2) is 5.84 Å². The van der Waals surface area contributed by atoms with Crippen LogP contribution in [0.25, 0.3) is 0 Å². The average molecular weight is 243 g/mol. The lowest BCUT2D eigenvalue weighted by Crippen LogP contribution is -2.29. The molecule has 1 heterocycles. The highest BCUT2D eigenvalue weighted by atomic mass is 32.1. The van der Waals surface area contributed by atoms with E-state index in [1.54, 1.807) is 11.3 Å². The maximum atomic E-state index is 11.0. The third-order valence-corrected chi connectivity index (χ3v) is 3.13. The van der Waals surface area contributed by atoms with Gasteiger partial charge in [0.15, 0.2) is 0 Å². The first kappa shape index (κ1) is 13.1. The average Bonchev–Trinajstić information content (AvgIpc) is 2.77. The number of carbonyl (C=O) groups is 1. The van der Waals surface area contributed by atoms with Crippen LogP contribution in [-0.2, 0) is 16.1 Å². The largest absolute Gasteiger partial charge is 0.356 e. The molecule has 3 N–H and O–H groups in total. The van der Waals surface area contributed by atoms with Gasteiger partial charge in [-0.15, -0.1) is 11.3 Å². The van der Waals surface area contributed by atoms with Gasteiger partial charge in [-0.2, -0.15) is 0 Å². The van der Waals surface area contributed by atoms with Gasteiger partial charge in [0.1, 0.15) is 0 Å². The van der Waals surface area contributed by atoms with Crippen LogP contribution in [0.3, 0.4) is 0 Å². The Bertz CT molecular complexity index is 303. The van der Waals surface area contributed by atoms with Crippen LogP contribution in [0.2, 0.25) is 0 Å². The number of rotatable bonds is 7. The lowest BCUT2D eigenvalue weighted by Gasteiger charge is -2.14. The SMILES string of the molecule is CN(CCC(=O)ONN)CCc1cccs1. The van der Waals surface area contributed by atoms with E-state index in [1.165, 1.54) is 4.88 Å². The number of thiophene rings is 1. The molecule has 0 aliphatic carbocycles. The number of nitrogens with one attached hydrogen (secondary N) is 1. The summed E-state index contributed by atoms with van der Waals surface area (Å²) >= 11 is 1.75. The summed E-state index contributed by atoms with van der Waals surface area (Å²) in [6.07, 6.45) is 1.35. The second-order valence-corrected chi connectivity index (χ2v) is 4.51. The van der Waals surface area contributed by atoms with Gasteiger partial charge in [0.2, 0.25) is 0 Å². The van der Waals surface area contributed by atoms with Crippen LogP contribution in [-0.4, -0.2) is 31.0 Å². The topological polar surface area (TPSA) is 67.6 Å². The molecule has 0 radical (unpaired) electrons. The number of nitrogens with two attached hydrogens (primary N) is 1. The van der Waals surface area contributed by atoms with Crippen LogP contribution >= 0.6 is 11.3 Å². The van der Waals surface area contributed by atoms with Gasteiger partial charge in [-0.3, -0.25) is 4.79 Å². The van der Waals surface area contributed by atoms with Gasteiger partial charge >= 0.3 is 5.97 Å². The second kappa shape index (κ2) is 7.34. The molecule has 1 aromatic heterocycles. The summed E-state index contributed by atoms with van der Waals surface area (Å²) in [7, 11) is 1.98. The van der Waals surface area contributed by atoms with Crippen molar-refractivity contribution in [1.82, 2.24) is 10.5 Å². The molecule has 0 atom stereocenters. The molecule has 0 aliphatic heterocycles. The number of hydrogen-bond donors (Lipinski definition) is 2. The van der Waals surface area contributed by atoms with Crippen molar-refractivity contribution in [1.29, 1.82) is 0 Å². The molecule has 1 aromatic rings. The summed E-state index contributed by atoms with van der Waals surface area (Å²) in [4.78, 5) is 18.9. The van der Waals surface area contributed by atoms with Crippen molar-refractivity contribution in [2.45, 2.75) is 12.8 Å². The number of likely N-dealkylation sites (N-methyl/N-ethyl adjacent to an activating group) is 1. The summed E-state index contributed by atoms with van der Waals surface area (Å²) in [5.74, 6) is 4.51. The van der Waals surface area contributed by atoms with Crippen LogP contribution in [0.1, 0.15) is 11.3 Å². The minimum absolute atomic E-state index is 0.338. The molecule has 1 rings (SSSR count). The van der Waals surface area contributed by atoms with Crippen molar-refractivity contribution >= 4 is 17.3 Å². The number of hydrazine groups is 1. The molecule has 0 aliphatic rings.